The third-order valence-corrected chi connectivity index (χ3v) is 5.68. The fraction of sp³-hybridized carbons (Fsp3) is 0.792. The minimum Gasteiger partial charge on any atom is -0.394 e. The van der Waals surface area contributed by atoms with E-state index in [0.717, 1.165) is 0 Å². The molecular formula is C24H44N4O9. The van der Waals surface area contributed by atoms with Crippen LogP contribution >= 0.6 is 0 Å². The maximum atomic E-state index is 12.8. The molecule has 13 nitrogen and oxygen atoms in total. The molecule has 0 saturated heterocycles. The highest BCUT2D eigenvalue weighted by Gasteiger charge is 2.30. The van der Waals surface area contributed by atoms with Gasteiger partial charge in [0.1, 0.15) is 12.4 Å². The number of primary amides is 1. The summed E-state index contributed by atoms with van der Waals surface area (Å²) in [6.07, 6.45) is 0.127. The van der Waals surface area contributed by atoms with Gasteiger partial charge in [0.25, 0.3) is 0 Å². The Hall–Kier alpha value is -2.45. The van der Waals surface area contributed by atoms with Crippen molar-refractivity contribution in [3.8, 4) is 0 Å². The van der Waals surface area contributed by atoms with Gasteiger partial charge in [-0.25, -0.2) is 0 Å². The van der Waals surface area contributed by atoms with Crippen molar-refractivity contribution in [2.45, 2.75) is 64.5 Å². The summed E-state index contributed by atoms with van der Waals surface area (Å²) in [7, 11) is 0. The predicted molar refractivity (Wildman–Crippen MR) is 134 cm³/mol. The monoisotopic (exact) mass is 532 g/mol. The van der Waals surface area contributed by atoms with Gasteiger partial charge in [-0.2, -0.15) is 0 Å². The highest BCUT2D eigenvalue weighted by Crippen LogP contribution is 2.21. The second-order valence-corrected chi connectivity index (χ2v) is 8.79. The molecule has 0 radical (unpaired) electrons. The number of hydrogen-bond donors (Lipinski definition) is 6. The van der Waals surface area contributed by atoms with Crippen LogP contribution in [0.4, 0.5) is 0 Å². The van der Waals surface area contributed by atoms with Crippen LogP contribution in [-0.4, -0.2) is 97.8 Å². The van der Waals surface area contributed by atoms with Crippen LogP contribution in [0.3, 0.4) is 0 Å². The third kappa shape index (κ3) is 16.8. The summed E-state index contributed by atoms with van der Waals surface area (Å²) in [5.41, 5.74) is 10.8. The Morgan fingerprint density at radius 2 is 1.54 bits per heavy atom. The summed E-state index contributed by atoms with van der Waals surface area (Å²) >= 11 is 0. The number of carbonyl (C=O) groups is 5. The predicted octanol–water partition coefficient (Wildman–Crippen LogP) is -1.83. The number of rotatable bonds is 23. The summed E-state index contributed by atoms with van der Waals surface area (Å²) in [4.78, 5) is 59.4. The number of amides is 3. The second-order valence-electron chi connectivity index (χ2n) is 8.79. The standard InChI is InChI=1S/C24H44N4O9/c1-3-22(33)28-8-9-36-10-11-37-15-23(34)27-7-5-4-6-17(12-21(32)19(25)14-29)20(31)13-18(16(2)30)24(26)35/h16-19,29-30H,3-15,25H2,1-2H3,(H2,26,35)(H,27,34)(H,28,33)/t16-,17-,18+,19-/m1/s1. The van der Waals surface area contributed by atoms with Gasteiger partial charge in [0.15, 0.2) is 5.78 Å². The molecule has 13 heteroatoms. The Morgan fingerprint density at radius 1 is 0.892 bits per heavy atom. The number of unbranched alkanes of at least 4 members (excludes halogenated alkanes) is 1. The molecule has 0 heterocycles. The molecule has 0 spiro atoms. The maximum absolute atomic E-state index is 12.8. The molecule has 0 aromatic carbocycles. The number of aliphatic hydroxyl groups excluding tert-OH is 2. The van der Waals surface area contributed by atoms with Crippen LogP contribution in [0.25, 0.3) is 0 Å². The summed E-state index contributed by atoms with van der Waals surface area (Å²) in [6.45, 7) is 4.04. The van der Waals surface area contributed by atoms with Gasteiger partial charge in [-0.15, -0.1) is 0 Å². The number of nitrogens with two attached hydrogens (primary N) is 2. The molecule has 0 fully saturated rings. The smallest absolute Gasteiger partial charge is 0.245 e. The van der Waals surface area contributed by atoms with Crippen LogP contribution in [0.1, 0.15) is 52.4 Å². The van der Waals surface area contributed by atoms with Crippen molar-refractivity contribution in [2.75, 3.05) is 46.1 Å². The zero-order valence-corrected chi connectivity index (χ0v) is 21.9. The maximum Gasteiger partial charge on any atom is 0.245 e. The summed E-state index contributed by atoms with van der Waals surface area (Å²) in [5.74, 6) is -3.86. The molecule has 0 bridgehead atoms. The Kier molecular flexibility index (Phi) is 19.2. The van der Waals surface area contributed by atoms with Gasteiger partial charge >= 0.3 is 0 Å². The normalized spacial score (nSPS) is 14.3. The van der Waals surface area contributed by atoms with Gasteiger partial charge < -0.3 is 41.8 Å². The number of carbonyl (C=O) groups excluding carboxylic acids is 5. The number of ether oxygens (including phenoxy) is 2. The van der Waals surface area contributed by atoms with Crippen LogP contribution < -0.4 is 22.1 Å². The SMILES string of the molecule is CCC(=O)NCCOCCOCC(=O)NCCCC[C@H](CC(=O)[C@H](N)CO)C(=O)C[C@H](C(N)=O)[C@@H](C)O. The van der Waals surface area contributed by atoms with Crippen LogP contribution in [0.2, 0.25) is 0 Å². The van der Waals surface area contributed by atoms with E-state index in [1.807, 2.05) is 0 Å². The number of hydrogen-bond acceptors (Lipinski definition) is 10. The van der Waals surface area contributed by atoms with Crippen LogP contribution in [0.15, 0.2) is 0 Å². The van der Waals surface area contributed by atoms with Crippen molar-refractivity contribution in [2.24, 2.45) is 23.3 Å². The van der Waals surface area contributed by atoms with Gasteiger partial charge in [0, 0.05) is 38.3 Å². The molecule has 0 aromatic heterocycles. The van der Waals surface area contributed by atoms with Crippen LogP contribution in [0.5, 0.6) is 0 Å². The first-order valence-electron chi connectivity index (χ1n) is 12.6. The number of ketones is 2. The summed E-state index contributed by atoms with van der Waals surface area (Å²) in [6, 6.07) is -1.11. The fourth-order valence-electron chi connectivity index (χ4n) is 3.33. The van der Waals surface area contributed by atoms with Gasteiger partial charge in [-0.05, 0) is 19.8 Å². The lowest BCUT2D eigenvalue weighted by Crippen LogP contribution is -2.38. The molecule has 0 rings (SSSR count). The average Bonchev–Trinajstić information content (AvgIpc) is 2.86. The second kappa shape index (κ2) is 20.6. The molecule has 0 aliphatic rings. The Morgan fingerprint density at radius 3 is 2.14 bits per heavy atom. The van der Waals surface area contributed by atoms with Crippen molar-refractivity contribution in [1.29, 1.82) is 0 Å². The van der Waals surface area contributed by atoms with E-state index in [9.17, 15) is 29.1 Å². The highest BCUT2D eigenvalue weighted by atomic mass is 16.5. The fourth-order valence-corrected chi connectivity index (χ4v) is 3.33. The van der Waals surface area contributed by atoms with Crippen molar-refractivity contribution in [3.05, 3.63) is 0 Å². The molecular weight excluding hydrogens is 488 g/mol. The Labute approximate surface area is 218 Å². The quantitative estimate of drug-likeness (QED) is 0.0808. The number of nitrogens with one attached hydrogen (secondary N) is 2. The van der Waals surface area contributed by atoms with Crippen LogP contribution in [0, 0.1) is 11.8 Å². The van der Waals surface area contributed by atoms with Gasteiger partial charge in [0.2, 0.25) is 17.7 Å². The van der Waals surface area contributed by atoms with E-state index < -0.39 is 48.1 Å². The number of aliphatic hydroxyl groups is 2. The van der Waals surface area contributed by atoms with E-state index in [1.54, 1.807) is 6.92 Å². The zero-order valence-electron chi connectivity index (χ0n) is 21.9. The van der Waals surface area contributed by atoms with E-state index in [0.29, 0.717) is 45.4 Å². The summed E-state index contributed by atoms with van der Waals surface area (Å²) in [5, 5.41) is 24.2. The van der Waals surface area contributed by atoms with E-state index in [1.165, 1.54) is 6.92 Å². The summed E-state index contributed by atoms with van der Waals surface area (Å²) < 4.78 is 10.5. The Balaban J connectivity index is 4.33. The van der Waals surface area contributed by atoms with Crippen molar-refractivity contribution in [3.63, 3.8) is 0 Å². The van der Waals surface area contributed by atoms with E-state index in [2.05, 4.69) is 10.6 Å². The van der Waals surface area contributed by atoms with Crippen molar-refractivity contribution in [1.82, 2.24) is 10.6 Å². The molecule has 37 heavy (non-hydrogen) atoms. The lowest BCUT2D eigenvalue weighted by molar-refractivity contribution is -0.134. The van der Waals surface area contributed by atoms with Crippen LogP contribution in [-0.2, 0) is 33.4 Å². The van der Waals surface area contributed by atoms with Crippen molar-refractivity contribution < 1.29 is 43.7 Å². The largest absolute Gasteiger partial charge is 0.394 e. The molecule has 3 amide bonds. The highest BCUT2D eigenvalue weighted by molar-refractivity contribution is 5.92. The van der Waals surface area contributed by atoms with Crippen molar-refractivity contribution >= 4 is 29.3 Å². The molecule has 0 aromatic rings. The lowest BCUT2D eigenvalue weighted by atomic mass is 9.84. The van der Waals surface area contributed by atoms with E-state index in [-0.39, 0.29) is 44.5 Å². The first-order valence-corrected chi connectivity index (χ1v) is 12.6. The first-order chi connectivity index (χ1) is 17.5. The minimum atomic E-state index is -1.12. The molecule has 0 aliphatic heterocycles. The molecule has 4 atom stereocenters. The molecule has 0 unspecified atom stereocenters. The average molecular weight is 533 g/mol. The molecule has 0 aliphatic carbocycles. The zero-order chi connectivity index (χ0) is 28.2. The van der Waals surface area contributed by atoms with E-state index >= 15 is 0 Å². The van der Waals surface area contributed by atoms with Gasteiger partial charge in [-0.3, -0.25) is 24.0 Å². The Bertz CT molecular complexity index is 718. The minimum absolute atomic E-state index is 0.0499. The molecule has 8 N–H and O–H groups in total. The van der Waals surface area contributed by atoms with Gasteiger partial charge in [0.05, 0.1) is 44.5 Å². The molecule has 0 saturated carbocycles. The third-order valence-electron chi connectivity index (χ3n) is 5.68. The topological polar surface area (TPSA) is 220 Å². The van der Waals surface area contributed by atoms with E-state index in [4.69, 9.17) is 26.0 Å². The lowest BCUT2D eigenvalue weighted by Gasteiger charge is -2.21. The van der Waals surface area contributed by atoms with Gasteiger partial charge in [-0.1, -0.05) is 13.3 Å². The number of Topliss-reactive ketones (excluding diaryl/α,β-unsaturated/α-hetero) is 2. The first kappa shape index (κ1) is 34.6. The molecule has 214 valence electrons.